The molecule has 0 radical (unpaired) electrons. The number of rotatable bonds is 3. The van der Waals surface area contributed by atoms with Gasteiger partial charge in [-0.1, -0.05) is 0 Å². The predicted molar refractivity (Wildman–Crippen MR) is 57.9 cm³/mol. The summed E-state index contributed by atoms with van der Waals surface area (Å²) in [5.74, 6) is 0.482. The molecule has 0 bridgehead atoms. The molecule has 0 N–H and O–H groups in total. The summed E-state index contributed by atoms with van der Waals surface area (Å²) < 4.78 is 0. The Morgan fingerprint density at radius 3 is 2.93 bits per heavy atom. The largest absolute Gasteiger partial charge is 0.285 e. The van der Waals surface area contributed by atoms with Crippen molar-refractivity contribution >= 4 is 34.0 Å². The summed E-state index contributed by atoms with van der Waals surface area (Å²) in [5, 5.41) is 2.69. The van der Waals surface area contributed by atoms with Crippen LogP contribution in [0.5, 0.6) is 0 Å². The molecule has 0 saturated heterocycles. The maximum absolute atomic E-state index is 11.4. The lowest BCUT2D eigenvalue weighted by Crippen LogP contribution is -2.30. The normalized spacial score (nSPS) is 15.6. The lowest BCUT2D eigenvalue weighted by atomic mass is 10.5. The van der Waals surface area contributed by atoms with Gasteiger partial charge in [0.05, 0.1) is 11.6 Å². The van der Waals surface area contributed by atoms with Gasteiger partial charge in [0.2, 0.25) is 5.91 Å². The van der Waals surface area contributed by atoms with Crippen LogP contribution in [0.25, 0.3) is 0 Å². The number of carbonyl (C=O) groups excluding carboxylic acids is 1. The molecule has 0 atom stereocenters. The lowest BCUT2D eigenvalue weighted by molar-refractivity contribution is -0.116. The van der Waals surface area contributed by atoms with Crippen LogP contribution in [0.4, 0.5) is 5.13 Å². The highest BCUT2D eigenvalue weighted by atomic mass is 35.5. The minimum absolute atomic E-state index is 0.0722. The second kappa shape index (κ2) is 3.87. The van der Waals surface area contributed by atoms with E-state index in [0.717, 1.165) is 23.7 Å². The first kappa shape index (κ1) is 9.93. The van der Waals surface area contributed by atoms with Crippen LogP contribution in [0, 0.1) is 0 Å². The molecule has 14 heavy (non-hydrogen) atoms. The molecule has 1 amide bonds. The van der Waals surface area contributed by atoms with Crippen molar-refractivity contribution < 1.29 is 4.79 Å². The van der Waals surface area contributed by atoms with Gasteiger partial charge in [-0.15, -0.1) is 22.9 Å². The molecule has 1 heterocycles. The van der Waals surface area contributed by atoms with E-state index in [-0.39, 0.29) is 5.91 Å². The Balaban J connectivity index is 2.21. The maximum Gasteiger partial charge on any atom is 0.225 e. The van der Waals surface area contributed by atoms with Crippen molar-refractivity contribution in [2.75, 3.05) is 4.90 Å². The molecule has 1 fully saturated rings. The summed E-state index contributed by atoms with van der Waals surface area (Å²) in [6, 6.07) is 0.377. The fraction of sp³-hybridized carbons (Fsp3) is 0.556. The van der Waals surface area contributed by atoms with Gasteiger partial charge in [-0.25, -0.2) is 4.98 Å². The number of carbonyl (C=O) groups is 1. The van der Waals surface area contributed by atoms with Crippen LogP contribution in [-0.2, 0) is 10.7 Å². The molecule has 1 saturated carbocycles. The van der Waals surface area contributed by atoms with Gasteiger partial charge in [-0.2, -0.15) is 0 Å². The number of halogens is 1. The van der Waals surface area contributed by atoms with Crippen LogP contribution >= 0.6 is 22.9 Å². The number of hydrogen-bond donors (Lipinski definition) is 0. The van der Waals surface area contributed by atoms with Crippen molar-refractivity contribution in [1.29, 1.82) is 0 Å². The summed E-state index contributed by atoms with van der Waals surface area (Å²) in [4.78, 5) is 17.5. The Labute approximate surface area is 91.7 Å². The molecule has 0 aliphatic heterocycles. The van der Waals surface area contributed by atoms with Crippen molar-refractivity contribution in [3.63, 3.8) is 0 Å². The summed E-state index contributed by atoms with van der Waals surface area (Å²) >= 11 is 7.15. The number of aromatic nitrogens is 1. The molecule has 0 spiro atoms. The monoisotopic (exact) mass is 230 g/mol. The summed E-state index contributed by atoms with van der Waals surface area (Å²) in [7, 11) is 0. The van der Waals surface area contributed by atoms with Crippen LogP contribution < -0.4 is 4.90 Å². The van der Waals surface area contributed by atoms with E-state index in [1.165, 1.54) is 11.3 Å². The Kier molecular flexibility index (Phi) is 2.74. The zero-order valence-electron chi connectivity index (χ0n) is 7.86. The average Bonchev–Trinajstić information content (AvgIpc) is 2.83. The third-order valence-electron chi connectivity index (χ3n) is 2.13. The van der Waals surface area contributed by atoms with Crippen molar-refractivity contribution in [3.05, 3.63) is 11.1 Å². The van der Waals surface area contributed by atoms with Crippen molar-refractivity contribution in [2.24, 2.45) is 0 Å². The maximum atomic E-state index is 11.4. The highest BCUT2D eigenvalue weighted by Gasteiger charge is 2.33. The zero-order chi connectivity index (χ0) is 10.1. The topological polar surface area (TPSA) is 33.2 Å². The van der Waals surface area contributed by atoms with Crippen molar-refractivity contribution in [1.82, 2.24) is 4.98 Å². The van der Waals surface area contributed by atoms with Gasteiger partial charge < -0.3 is 0 Å². The van der Waals surface area contributed by atoms with E-state index >= 15 is 0 Å². The van der Waals surface area contributed by atoms with Crippen LogP contribution in [0.1, 0.15) is 25.5 Å². The molecular weight excluding hydrogens is 220 g/mol. The molecule has 1 aliphatic carbocycles. The van der Waals surface area contributed by atoms with E-state index in [1.54, 1.807) is 11.8 Å². The second-order valence-electron chi connectivity index (χ2n) is 3.38. The molecule has 3 nitrogen and oxygen atoms in total. The Hall–Kier alpha value is -0.610. The van der Waals surface area contributed by atoms with E-state index in [0.29, 0.717) is 11.9 Å². The summed E-state index contributed by atoms with van der Waals surface area (Å²) in [5.41, 5.74) is 0.846. The number of hydrogen-bond acceptors (Lipinski definition) is 3. The van der Waals surface area contributed by atoms with Crippen LogP contribution in [0.15, 0.2) is 5.38 Å². The molecule has 76 valence electrons. The van der Waals surface area contributed by atoms with E-state index < -0.39 is 0 Å². The van der Waals surface area contributed by atoms with Crippen molar-refractivity contribution in [2.45, 2.75) is 31.7 Å². The van der Waals surface area contributed by atoms with Gasteiger partial charge in [0.1, 0.15) is 0 Å². The van der Waals surface area contributed by atoms with Gasteiger partial charge >= 0.3 is 0 Å². The molecule has 2 rings (SSSR count). The third kappa shape index (κ3) is 1.91. The molecular formula is C9H11ClN2OS. The first-order valence-corrected chi connectivity index (χ1v) is 5.94. The fourth-order valence-electron chi connectivity index (χ4n) is 1.35. The SMILES string of the molecule is CC(=O)N(c1nc(CCl)cs1)C1CC1. The number of amides is 1. The Bertz CT molecular complexity index is 348. The molecule has 5 heteroatoms. The first-order chi connectivity index (χ1) is 6.72. The minimum atomic E-state index is 0.0722. The molecule has 1 aromatic rings. The van der Waals surface area contributed by atoms with Crippen LogP contribution in [0.2, 0.25) is 0 Å². The fourth-order valence-corrected chi connectivity index (χ4v) is 2.52. The third-order valence-corrected chi connectivity index (χ3v) is 3.30. The number of thiazole rings is 1. The average molecular weight is 231 g/mol. The van der Waals surface area contributed by atoms with Gasteiger partial charge in [0, 0.05) is 18.3 Å². The summed E-state index contributed by atoms with van der Waals surface area (Å²) in [6.07, 6.45) is 2.19. The highest BCUT2D eigenvalue weighted by molar-refractivity contribution is 7.14. The van der Waals surface area contributed by atoms with E-state index in [1.807, 2.05) is 5.38 Å². The smallest absolute Gasteiger partial charge is 0.225 e. The quantitative estimate of drug-likeness (QED) is 0.748. The van der Waals surface area contributed by atoms with E-state index in [4.69, 9.17) is 11.6 Å². The minimum Gasteiger partial charge on any atom is -0.285 e. The number of alkyl halides is 1. The van der Waals surface area contributed by atoms with Crippen LogP contribution in [0.3, 0.4) is 0 Å². The summed E-state index contributed by atoms with van der Waals surface area (Å²) in [6.45, 7) is 1.58. The van der Waals surface area contributed by atoms with Gasteiger partial charge in [0.25, 0.3) is 0 Å². The van der Waals surface area contributed by atoms with E-state index in [2.05, 4.69) is 4.98 Å². The Morgan fingerprint density at radius 1 is 1.79 bits per heavy atom. The van der Waals surface area contributed by atoms with Gasteiger partial charge in [-0.3, -0.25) is 9.69 Å². The highest BCUT2D eigenvalue weighted by Crippen LogP contribution is 2.33. The molecule has 1 aliphatic rings. The lowest BCUT2D eigenvalue weighted by Gasteiger charge is -2.16. The molecule has 1 aromatic heterocycles. The predicted octanol–water partition coefficient (Wildman–Crippen LogP) is 2.40. The second-order valence-corrected chi connectivity index (χ2v) is 4.48. The first-order valence-electron chi connectivity index (χ1n) is 4.52. The molecule has 0 unspecified atom stereocenters. The van der Waals surface area contributed by atoms with Crippen LogP contribution in [-0.4, -0.2) is 16.9 Å². The zero-order valence-corrected chi connectivity index (χ0v) is 9.44. The number of nitrogens with zero attached hydrogens (tertiary/aromatic N) is 2. The van der Waals surface area contributed by atoms with Crippen molar-refractivity contribution in [3.8, 4) is 0 Å². The number of anilines is 1. The Morgan fingerprint density at radius 2 is 2.50 bits per heavy atom. The van der Waals surface area contributed by atoms with Gasteiger partial charge in [0.15, 0.2) is 5.13 Å². The van der Waals surface area contributed by atoms with E-state index in [9.17, 15) is 4.79 Å². The van der Waals surface area contributed by atoms with Gasteiger partial charge in [-0.05, 0) is 12.8 Å². The molecule has 0 aromatic carbocycles. The standard InChI is InChI=1S/C9H11ClN2OS/c1-6(13)12(8-2-3-8)9-11-7(4-10)5-14-9/h5,8H,2-4H2,1H3.